The van der Waals surface area contributed by atoms with Crippen LogP contribution in [0.4, 0.5) is 0 Å². The third kappa shape index (κ3) is 7.34. The Morgan fingerprint density at radius 3 is 1.35 bits per heavy atom. The molecule has 0 radical (unpaired) electrons. The van der Waals surface area contributed by atoms with Crippen molar-refractivity contribution in [2.75, 3.05) is 0 Å². The Balaban J connectivity index is 0.000000577. The molecule has 10 nitrogen and oxygen atoms in total. The highest BCUT2D eigenvalue weighted by atomic mass is 16.6. The zero-order chi connectivity index (χ0) is 20.6. The molecule has 0 atom stereocenters. The maximum atomic E-state index is 11.1. The summed E-state index contributed by atoms with van der Waals surface area (Å²) < 4.78 is 8.41. The summed E-state index contributed by atoms with van der Waals surface area (Å²) in [6.07, 6.45) is -1.34. The molecule has 0 aliphatic carbocycles. The van der Waals surface area contributed by atoms with Crippen molar-refractivity contribution < 1.29 is 48.5 Å². The van der Waals surface area contributed by atoms with Crippen LogP contribution in [0.1, 0.15) is 26.7 Å². The number of ether oxygens (including phenoxy) is 2. The molecule has 2 N–H and O–H groups in total. The van der Waals surface area contributed by atoms with Gasteiger partial charge in [-0.2, -0.15) is 0 Å². The molecule has 0 spiro atoms. The van der Waals surface area contributed by atoms with Crippen molar-refractivity contribution in [3.8, 4) is 0 Å². The number of carbonyl (C=O) groups excluding carboxylic acids is 4. The van der Waals surface area contributed by atoms with Crippen LogP contribution in [0, 0.1) is 0 Å². The van der Waals surface area contributed by atoms with Gasteiger partial charge in [-0.05, 0) is 13.8 Å². The smallest absolute Gasteiger partial charge is 0.342 e. The highest BCUT2D eigenvalue weighted by Gasteiger charge is 2.25. The lowest BCUT2D eigenvalue weighted by atomic mass is 10.2. The van der Waals surface area contributed by atoms with Gasteiger partial charge >= 0.3 is 35.8 Å². The van der Waals surface area contributed by atoms with Gasteiger partial charge < -0.3 is 19.7 Å². The van der Waals surface area contributed by atoms with Gasteiger partial charge in [0.1, 0.15) is 0 Å². The van der Waals surface area contributed by atoms with Crippen molar-refractivity contribution >= 4 is 35.8 Å². The summed E-state index contributed by atoms with van der Waals surface area (Å²) in [6, 6.07) is 0. The molecule has 1 heterocycles. The molecule has 1 rings (SSSR count). The molecule has 1 aliphatic heterocycles. The Labute approximate surface area is 147 Å². The zero-order valence-corrected chi connectivity index (χ0v) is 14.0. The van der Waals surface area contributed by atoms with E-state index in [1.165, 1.54) is 0 Å². The fraction of sp³-hybridized carbons (Fsp3) is 0.250. The largest absolute Gasteiger partial charge is 0.481 e. The molecule has 0 amide bonds. The van der Waals surface area contributed by atoms with E-state index in [4.69, 9.17) is 10.2 Å². The number of carbonyl (C=O) groups is 6. The summed E-state index contributed by atoms with van der Waals surface area (Å²) in [5, 5.41) is 16.7. The van der Waals surface area contributed by atoms with Crippen molar-refractivity contribution in [3.05, 3.63) is 35.5 Å². The van der Waals surface area contributed by atoms with E-state index in [0.717, 1.165) is 0 Å². The Bertz CT molecular complexity index is 678. The number of carboxylic acids is 2. The van der Waals surface area contributed by atoms with Gasteiger partial charge in [0.15, 0.2) is 0 Å². The number of aliphatic carboxylic acids is 2. The van der Waals surface area contributed by atoms with Gasteiger partial charge in [-0.3, -0.25) is 9.59 Å². The third-order valence-corrected chi connectivity index (χ3v) is 2.85. The number of rotatable bonds is 6. The van der Waals surface area contributed by atoms with Crippen molar-refractivity contribution in [2.45, 2.75) is 26.7 Å². The van der Waals surface area contributed by atoms with E-state index < -0.39 is 59.8 Å². The fourth-order valence-electron chi connectivity index (χ4n) is 1.28. The monoisotopic (exact) mass is 368 g/mol. The number of cyclic esters (lactones) is 2. The van der Waals surface area contributed by atoms with Crippen LogP contribution in [0.3, 0.4) is 0 Å². The maximum Gasteiger partial charge on any atom is 0.342 e. The number of esters is 4. The van der Waals surface area contributed by atoms with E-state index >= 15 is 0 Å². The summed E-state index contributed by atoms with van der Waals surface area (Å²) in [6.45, 7) is 9.37. The van der Waals surface area contributed by atoms with Crippen molar-refractivity contribution in [3.63, 3.8) is 0 Å². The standard InChI is InChI=1S/C10H10O7.C6H6O3/c1-5(3-7(11)12)9(15)17-10(16)6(2)4-8(13)14;1-3-4(2)6(8)9-5(3)7/h1-4H2,(H,11,12)(H,13,14);1-2H3. The van der Waals surface area contributed by atoms with E-state index in [1.54, 1.807) is 13.8 Å². The fourth-order valence-corrected chi connectivity index (χ4v) is 1.28. The van der Waals surface area contributed by atoms with Crippen LogP contribution < -0.4 is 0 Å². The first-order chi connectivity index (χ1) is 11.9. The lowest BCUT2D eigenvalue weighted by Crippen LogP contribution is -2.18. The van der Waals surface area contributed by atoms with Gasteiger partial charge in [-0.1, -0.05) is 13.2 Å². The van der Waals surface area contributed by atoms with Crippen LogP contribution in [-0.2, 0) is 38.2 Å². The first kappa shape index (κ1) is 22.4. The Hall–Kier alpha value is -3.56. The van der Waals surface area contributed by atoms with Gasteiger partial charge in [-0.15, -0.1) is 0 Å². The van der Waals surface area contributed by atoms with Crippen LogP contribution >= 0.6 is 0 Å². The van der Waals surface area contributed by atoms with Crippen molar-refractivity contribution in [1.82, 2.24) is 0 Å². The van der Waals surface area contributed by atoms with Crippen LogP contribution in [0.2, 0.25) is 0 Å². The predicted molar refractivity (Wildman–Crippen MR) is 83.4 cm³/mol. The van der Waals surface area contributed by atoms with Gasteiger partial charge in [0.2, 0.25) is 0 Å². The minimum Gasteiger partial charge on any atom is -0.481 e. The van der Waals surface area contributed by atoms with Crippen LogP contribution in [0.25, 0.3) is 0 Å². The van der Waals surface area contributed by atoms with Crippen LogP contribution in [-0.4, -0.2) is 46.0 Å². The molecular weight excluding hydrogens is 352 g/mol. The summed E-state index contributed by atoms with van der Waals surface area (Å²) in [4.78, 5) is 63.6. The van der Waals surface area contributed by atoms with Crippen LogP contribution in [0.15, 0.2) is 35.5 Å². The Morgan fingerprint density at radius 1 is 0.846 bits per heavy atom. The molecular formula is C16H16O10. The molecule has 0 aromatic rings. The van der Waals surface area contributed by atoms with Crippen LogP contribution in [0.5, 0.6) is 0 Å². The average Bonchev–Trinajstić information content (AvgIpc) is 2.72. The van der Waals surface area contributed by atoms with Crippen molar-refractivity contribution in [1.29, 1.82) is 0 Å². The highest BCUT2D eigenvalue weighted by Crippen LogP contribution is 2.14. The second kappa shape index (κ2) is 9.67. The molecule has 0 bridgehead atoms. The lowest BCUT2D eigenvalue weighted by molar-refractivity contribution is -0.156. The molecule has 10 heteroatoms. The summed E-state index contributed by atoms with van der Waals surface area (Å²) >= 11 is 0. The average molecular weight is 368 g/mol. The Kier molecular flexibility index (Phi) is 8.34. The molecule has 0 saturated heterocycles. The first-order valence-electron chi connectivity index (χ1n) is 6.86. The predicted octanol–water partition coefficient (Wildman–Crippen LogP) is 0.524. The molecule has 0 fully saturated rings. The molecule has 0 saturated carbocycles. The third-order valence-electron chi connectivity index (χ3n) is 2.85. The lowest BCUT2D eigenvalue weighted by Gasteiger charge is -2.04. The van der Waals surface area contributed by atoms with Gasteiger partial charge in [0, 0.05) is 22.3 Å². The molecule has 140 valence electrons. The SMILES string of the molecule is C=C(CC(=O)O)C(=O)OC(=O)C(=C)CC(=O)O.CC1=C(C)C(=O)OC1=O. The normalized spacial score (nSPS) is 12.5. The van der Waals surface area contributed by atoms with E-state index in [9.17, 15) is 28.8 Å². The van der Waals surface area contributed by atoms with Gasteiger partial charge in [0.05, 0.1) is 12.8 Å². The molecule has 0 aromatic heterocycles. The molecule has 26 heavy (non-hydrogen) atoms. The van der Waals surface area contributed by atoms with Gasteiger partial charge in [0.25, 0.3) is 0 Å². The molecule has 1 aliphatic rings. The maximum absolute atomic E-state index is 11.1. The number of hydrogen-bond acceptors (Lipinski definition) is 8. The van der Waals surface area contributed by atoms with E-state index in [0.29, 0.717) is 11.1 Å². The number of hydrogen-bond donors (Lipinski definition) is 2. The summed E-state index contributed by atoms with van der Waals surface area (Å²) in [5.74, 6) is -6.07. The van der Waals surface area contributed by atoms with Crippen molar-refractivity contribution in [2.24, 2.45) is 0 Å². The topological polar surface area (TPSA) is 161 Å². The van der Waals surface area contributed by atoms with E-state index in [1.807, 2.05) is 0 Å². The summed E-state index contributed by atoms with van der Waals surface area (Å²) in [5.41, 5.74) is -0.0112. The van der Waals surface area contributed by atoms with E-state index in [-0.39, 0.29) is 0 Å². The highest BCUT2D eigenvalue weighted by molar-refractivity contribution is 6.11. The quantitative estimate of drug-likeness (QED) is 0.384. The minimum absolute atomic E-state index is 0.417. The minimum atomic E-state index is -1.30. The number of carboxylic acid groups (broad SMARTS) is 2. The molecule has 0 unspecified atom stereocenters. The second-order valence-corrected chi connectivity index (χ2v) is 4.95. The Morgan fingerprint density at radius 2 is 1.15 bits per heavy atom. The molecule has 0 aromatic carbocycles. The first-order valence-corrected chi connectivity index (χ1v) is 6.86. The van der Waals surface area contributed by atoms with E-state index in [2.05, 4.69) is 22.6 Å². The second-order valence-electron chi connectivity index (χ2n) is 4.95. The zero-order valence-electron chi connectivity index (χ0n) is 14.0. The van der Waals surface area contributed by atoms with Gasteiger partial charge in [-0.25, -0.2) is 19.2 Å². The summed E-state index contributed by atoms with van der Waals surface area (Å²) in [7, 11) is 0.